The zero-order chi connectivity index (χ0) is 17.4. The number of hydrogen-bond donors (Lipinski definition) is 0. The lowest BCUT2D eigenvalue weighted by Gasteiger charge is -2.35. The Morgan fingerprint density at radius 1 is 0.565 bits per heavy atom. The van der Waals surface area contributed by atoms with Crippen molar-refractivity contribution in [2.45, 2.75) is 37.2 Å². The zero-order valence-electron chi connectivity index (χ0n) is 13.4. The molecule has 5 heteroatoms. The van der Waals surface area contributed by atoms with Crippen molar-refractivity contribution in [3.05, 3.63) is 67.6 Å². The number of halogens is 4. The van der Waals surface area contributed by atoms with E-state index in [0.29, 0.717) is 20.1 Å². The molecule has 0 radical (unpaired) electrons. The summed E-state index contributed by atoms with van der Waals surface area (Å²) in [6.07, 6.45) is 0. The molecule has 0 aliphatic rings. The minimum Gasteiger partial charge on any atom is -0.140 e. The lowest BCUT2D eigenvalue weighted by atomic mass is 10.0. The summed E-state index contributed by atoms with van der Waals surface area (Å²) in [4.78, 5) is 0. The van der Waals surface area contributed by atoms with Gasteiger partial charge in [-0.25, -0.2) is 0 Å². The van der Waals surface area contributed by atoms with Gasteiger partial charge in [-0.2, -0.15) is 0 Å². The van der Waals surface area contributed by atoms with Gasteiger partial charge in [-0.05, 0) is 75.2 Å². The van der Waals surface area contributed by atoms with Crippen LogP contribution >= 0.6 is 58.2 Å². The predicted octanol–water partition coefficient (Wildman–Crippen LogP) is 8.20. The summed E-state index contributed by atoms with van der Waals surface area (Å²) in [6.45, 7) is 8.64. The van der Waals surface area contributed by atoms with Gasteiger partial charge in [0.15, 0.2) is 0 Å². The van der Waals surface area contributed by atoms with Gasteiger partial charge in [0, 0.05) is 29.6 Å². The van der Waals surface area contributed by atoms with Crippen LogP contribution in [0.4, 0.5) is 0 Å². The highest BCUT2D eigenvalue weighted by Crippen LogP contribution is 2.50. The Morgan fingerprint density at radius 2 is 0.826 bits per heavy atom. The summed E-state index contributed by atoms with van der Waals surface area (Å²) in [5, 5.41) is 2.57. The molecule has 0 spiro atoms. The molecule has 0 N–H and O–H groups in total. The molecular formula is C18H18Cl4S. The normalized spacial score (nSPS) is 12.5. The first-order valence-electron chi connectivity index (χ1n) is 7.13. The maximum atomic E-state index is 6.16. The van der Waals surface area contributed by atoms with Crippen LogP contribution in [-0.2, 0) is 9.49 Å². The van der Waals surface area contributed by atoms with Crippen LogP contribution in [0, 0.1) is 0 Å². The van der Waals surface area contributed by atoms with Crippen LogP contribution < -0.4 is 0 Å². The lowest BCUT2D eigenvalue weighted by Crippen LogP contribution is -2.23. The van der Waals surface area contributed by atoms with Gasteiger partial charge in [-0.3, -0.25) is 0 Å². The molecule has 2 aromatic carbocycles. The molecule has 0 aliphatic carbocycles. The van der Waals surface area contributed by atoms with Crippen LogP contribution in [0.25, 0.3) is 0 Å². The van der Waals surface area contributed by atoms with E-state index in [2.05, 4.69) is 27.7 Å². The molecule has 0 fully saturated rings. The summed E-state index contributed by atoms with van der Waals surface area (Å²) in [5.74, 6) is 0. The quantitative estimate of drug-likeness (QED) is 0.491. The molecule has 2 aromatic rings. The van der Waals surface area contributed by atoms with Crippen molar-refractivity contribution in [3.8, 4) is 0 Å². The Kier molecular flexibility index (Phi) is 5.91. The van der Waals surface area contributed by atoms with Crippen molar-refractivity contribution in [2.24, 2.45) is 0 Å². The summed E-state index contributed by atoms with van der Waals surface area (Å²) in [6, 6.07) is 11.3. The van der Waals surface area contributed by atoms with Crippen molar-refractivity contribution >= 4 is 58.2 Å². The summed E-state index contributed by atoms with van der Waals surface area (Å²) < 4.78 is -0.375. The molecule has 0 amide bonds. The van der Waals surface area contributed by atoms with E-state index in [1.165, 1.54) is 0 Å². The maximum Gasteiger partial charge on any atom is 0.0424 e. The largest absolute Gasteiger partial charge is 0.140 e. The molecule has 0 heterocycles. The second-order valence-electron chi connectivity index (χ2n) is 6.44. The van der Waals surface area contributed by atoms with Crippen molar-refractivity contribution in [1.29, 1.82) is 0 Å². The fourth-order valence-electron chi connectivity index (χ4n) is 2.56. The van der Waals surface area contributed by atoms with Crippen LogP contribution in [0.3, 0.4) is 0 Å². The maximum absolute atomic E-state index is 6.16. The molecule has 0 saturated carbocycles. The summed E-state index contributed by atoms with van der Waals surface area (Å²) in [5.41, 5.74) is 2.17. The third-order valence-corrected chi connectivity index (χ3v) is 5.99. The Bertz CT molecular complexity index is 621. The third-order valence-electron chi connectivity index (χ3n) is 3.63. The van der Waals surface area contributed by atoms with Crippen molar-refractivity contribution in [2.75, 3.05) is 0 Å². The predicted molar refractivity (Wildman–Crippen MR) is 107 cm³/mol. The topological polar surface area (TPSA) is 0 Å². The minimum atomic E-state index is -0.188. The van der Waals surface area contributed by atoms with Gasteiger partial charge in [-0.15, -0.1) is 11.8 Å². The molecule has 0 atom stereocenters. The van der Waals surface area contributed by atoms with Crippen LogP contribution in [0.15, 0.2) is 36.4 Å². The molecule has 0 aromatic heterocycles. The highest BCUT2D eigenvalue weighted by molar-refractivity contribution is 8.01. The molecule has 0 bridgehead atoms. The van der Waals surface area contributed by atoms with E-state index in [0.717, 1.165) is 11.1 Å². The fourth-order valence-corrected chi connectivity index (χ4v) is 5.36. The molecule has 0 nitrogen and oxygen atoms in total. The van der Waals surface area contributed by atoms with Crippen molar-refractivity contribution in [1.82, 2.24) is 0 Å². The molecule has 2 rings (SSSR count). The number of thioether (sulfide) groups is 1. The second-order valence-corrected chi connectivity index (χ2v) is 10.4. The first kappa shape index (κ1) is 19.3. The van der Waals surface area contributed by atoms with E-state index in [9.17, 15) is 0 Å². The zero-order valence-corrected chi connectivity index (χ0v) is 17.2. The van der Waals surface area contributed by atoms with E-state index in [4.69, 9.17) is 46.4 Å². The second kappa shape index (κ2) is 7.06. The third kappa shape index (κ3) is 4.96. The van der Waals surface area contributed by atoms with E-state index >= 15 is 0 Å². The molecule has 23 heavy (non-hydrogen) atoms. The van der Waals surface area contributed by atoms with Crippen molar-refractivity contribution < 1.29 is 0 Å². The smallest absolute Gasteiger partial charge is 0.0424 e. The van der Waals surface area contributed by atoms with E-state index in [1.54, 1.807) is 12.1 Å². The van der Waals surface area contributed by atoms with E-state index in [-0.39, 0.29) is 9.49 Å². The van der Waals surface area contributed by atoms with E-state index in [1.807, 2.05) is 36.0 Å². The van der Waals surface area contributed by atoms with Crippen LogP contribution in [0.5, 0.6) is 0 Å². The highest BCUT2D eigenvalue weighted by atomic mass is 35.5. The first-order valence-corrected chi connectivity index (χ1v) is 9.46. The van der Waals surface area contributed by atoms with Gasteiger partial charge in [0.05, 0.1) is 0 Å². The SMILES string of the molecule is CC(C)(SC(C)(C)c1cc(Cl)cc(Cl)c1)c1cc(Cl)cc(Cl)c1. The van der Waals surface area contributed by atoms with Gasteiger partial charge in [0.25, 0.3) is 0 Å². The molecule has 124 valence electrons. The van der Waals surface area contributed by atoms with Crippen LogP contribution in [-0.4, -0.2) is 0 Å². The number of benzene rings is 2. The van der Waals surface area contributed by atoms with Crippen LogP contribution in [0.1, 0.15) is 38.8 Å². The first-order chi connectivity index (χ1) is 10.5. The minimum absolute atomic E-state index is 0.188. The van der Waals surface area contributed by atoms with Crippen LogP contribution in [0.2, 0.25) is 20.1 Å². The number of rotatable bonds is 4. The van der Waals surface area contributed by atoms with Gasteiger partial charge in [0.1, 0.15) is 0 Å². The Balaban J connectivity index is 2.37. The standard InChI is InChI=1S/C18H18Cl4S/c1-17(2,11-5-13(19)9-14(20)6-11)23-18(3,4)12-7-15(21)10-16(22)8-12/h5-10H,1-4H3. The molecule has 0 unspecified atom stereocenters. The van der Waals surface area contributed by atoms with Gasteiger partial charge in [0.2, 0.25) is 0 Å². The van der Waals surface area contributed by atoms with Gasteiger partial charge < -0.3 is 0 Å². The molecule has 0 saturated heterocycles. The fraction of sp³-hybridized carbons (Fsp3) is 0.333. The van der Waals surface area contributed by atoms with Gasteiger partial charge in [-0.1, -0.05) is 46.4 Å². The average Bonchev–Trinajstić information content (AvgIpc) is 2.35. The summed E-state index contributed by atoms with van der Waals surface area (Å²) >= 11 is 26.4. The van der Waals surface area contributed by atoms with E-state index < -0.39 is 0 Å². The van der Waals surface area contributed by atoms with Crippen molar-refractivity contribution in [3.63, 3.8) is 0 Å². The highest BCUT2D eigenvalue weighted by Gasteiger charge is 2.33. The molecule has 0 aliphatic heterocycles. The monoisotopic (exact) mass is 406 g/mol. The molecular weight excluding hydrogens is 390 g/mol. The lowest BCUT2D eigenvalue weighted by molar-refractivity contribution is 0.717. The Morgan fingerprint density at radius 3 is 1.09 bits per heavy atom. The Hall–Kier alpha value is -0.0500. The average molecular weight is 408 g/mol. The number of hydrogen-bond acceptors (Lipinski definition) is 1. The Labute approximate surface area is 162 Å². The van der Waals surface area contributed by atoms with Gasteiger partial charge >= 0.3 is 0 Å². The summed E-state index contributed by atoms with van der Waals surface area (Å²) in [7, 11) is 0.